The smallest absolute Gasteiger partial charge is 0.269 e. The lowest BCUT2D eigenvalue weighted by Gasteiger charge is -2.35. The van der Waals surface area contributed by atoms with E-state index in [0.717, 1.165) is 32.5 Å². The number of likely N-dealkylation sites (N-methyl/N-ethyl adjacent to an activating group) is 1. The van der Waals surface area contributed by atoms with E-state index < -0.39 is 4.92 Å². The molecule has 4 rings (SSSR count). The lowest BCUT2D eigenvalue weighted by molar-refractivity contribution is -0.384. The van der Waals surface area contributed by atoms with Crippen molar-refractivity contribution in [1.82, 2.24) is 9.80 Å². The van der Waals surface area contributed by atoms with Gasteiger partial charge in [-0.3, -0.25) is 24.7 Å². The highest BCUT2D eigenvalue weighted by molar-refractivity contribution is 5.94. The largest absolute Gasteiger partial charge is 0.314 e. The first kappa shape index (κ1) is 21.5. The Kier molecular flexibility index (Phi) is 6.63. The molecular weight excluding hydrogens is 392 g/mol. The number of likely N-dealkylation sites (tertiary alicyclic amines) is 2. The molecule has 2 aliphatic rings. The van der Waals surface area contributed by atoms with Gasteiger partial charge in [-0.25, -0.2) is 0 Å². The molecule has 7 nitrogen and oxygen atoms in total. The number of non-ortho nitro benzene ring substituents is 1. The van der Waals surface area contributed by atoms with Gasteiger partial charge in [0.25, 0.3) is 5.69 Å². The third-order valence-corrected chi connectivity index (χ3v) is 6.66. The van der Waals surface area contributed by atoms with Gasteiger partial charge < -0.3 is 4.90 Å². The van der Waals surface area contributed by atoms with Gasteiger partial charge in [0.1, 0.15) is 0 Å². The predicted octanol–water partition coefficient (Wildman–Crippen LogP) is 3.69. The maximum atomic E-state index is 13.0. The molecule has 0 aliphatic carbocycles. The van der Waals surface area contributed by atoms with Gasteiger partial charge in [-0.05, 0) is 56.5 Å². The number of amides is 1. The molecule has 2 fully saturated rings. The van der Waals surface area contributed by atoms with Crippen molar-refractivity contribution in [2.75, 3.05) is 31.6 Å². The summed E-state index contributed by atoms with van der Waals surface area (Å²) in [7, 11) is 1.74. The zero-order chi connectivity index (χ0) is 21.8. The zero-order valence-corrected chi connectivity index (χ0v) is 18.0. The van der Waals surface area contributed by atoms with Gasteiger partial charge in [0, 0.05) is 43.5 Å². The Morgan fingerprint density at radius 1 is 1.00 bits per heavy atom. The average molecular weight is 423 g/mol. The van der Waals surface area contributed by atoms with Crippen LogP contribution < -0.4 is 4.90 Å². The number of carbonyl (C=O) groups excluding carboxylic acids is 1. The van der Waals surface area contributed by atoms with Crippen molar-refractivity contribution in [1.29, 1.82) is 0 Å². The lowest BCUT2D eigenvalue weighted by atomic mass is 10.0. The molecule has 2 heterocycles. The normalized spacial score (nSPS) is 22.0. The molecule has 31 heavy (non-hydrogen) atoms. The first-order valence-corrected chi connectivity index (χ1v) is 11.1. The summed E-state index contributed by atoms with van der Waals surface area (Å²) < 4.78 is 0. The van der Waals surface area contributed by atoms with E-state index in [9.17, 15) is 14.9 Å². The highest BCUT2D eigenvalue weighted by Gasteiger charge is 2.38. The Balaban J connectivity index is 1.39. The predicted molar refractivity (Wildman–Crippen MR) is 121 cm³/mol. The van der Waals surface area contributed by atoms with Gasteiger partial charge in [-0.15, -0.1) is 0 Å². The standard InChI is InChI=1S/C24H30N4O3/c1-25(20-11-13-21(14-12-20)28(30)31)24(29)18-27-16-6-10-23(27)22-9-5-15-26(22)17-19-7-3-2-4-8-19/h2-4,7-8,11-14,22-23H,5-6,9-10,15-18H2,1H3. The Bertz CT molecular complexity index is 903. The summed E-state index contributed by atoms with van der Waals surface area (Å²) in [6.07, 6.45) is 4.64. The van der Waals surface area contributed by atoms with Gasteiger partial charge in [-0.1, -0.05) is 30.3 Å². The SMILES string of the molecule is CN(C(=O)CN1CCCC1C1CCCN1Cc1ccccc1)c1ccc([N+](=O)[O-])cc1. The van der Waals surface area contributed by atoms with Crippen molar-refractivity contribution in [2.45, 2.75) is 44.3 Å². The Morgan fingerprint density at radius 3 is 2.26 bits per heavy atom. The number of nitro benzene ring substituents is 1. The zero-order valence-electron chi connectivity index (χ0n) is 18.0. The molecule has 7 heteroatoms. The number of nitro groups is 1. The molecule has 0 radical (unpaired) electrons. The minimum Gasteiger partial charge on any atom is -0.314 e. The summed E-state index contributed by atoms with van der Waals surface area (Å²) >= 11 is 0. The highest BCUT2D eigenvalue weighted by atomic mass is 16.6. The molecular formula is C24H30N4O3. The van der Waals surface area contributed by atoms with Crippen molar-refractivity contribution in [3.05, 3.63) is 70.3 Å². The average Bonchev–Trinajstić information content (AvgIpc) is 3.43. The van der Waals surface area contributed by atoms with Gasteiger partial charge in [0.15, 0.2) is 0 Å². The Hall–Kier alpha value is -2.77. The quantitative estimate of drug-likeness (QED) is 0.503. The molecule has 2 aliphatic heterocycles. The molecule has 2 aromatic rings. The molecule has 2 saturated heterocycles. The fraction of sp³-hybridized carbons (Fsp3) is 0.458. The topological polar surface area (TPSA) is 69.9 Å². The number of hydrogen-bond acceptors (Lipinski definition) is 5. The fourth-order valence-corrected chi connectivity index (χ4v) is 5.01. The van der Waals surface area contributed by atoms with Crippen LogP contribution in [0.15, 0.2) is 54.6 Å². The third-order valence-electron chi connectivity index (χ3n) is 6.66. The molecule has 0 saturated carbocycles. The second-order valence-electron chi connectivity index (χ2n) is 8.57. The monoisotopic (exact) mass is 422 g/mol. The molecule has 2 atom stereocenters. The molecule has 0 aromatic heterocycles. The number of nitrogens with zero attached hydrogens (tertiary/aromatic N) is 4. The molecule has 0 N–H and O–H groups in total. The summed E-state index contributed by atoms with van der Waals surface area (Å²) in [6, 6.07) is 17.7. The third kappa shape index (κ3) is 4.94. The maximum Gasteiger partial charge on any atom is 0.269 e. The summed E-state index contributed by atoms with van der Waals surface area (Å²) in [6.45, 7) is 3.40. The number of rotatable bonds is 7. The first-order valence-electron chi connectivity index (χ1n) is 11.1. The summed E-state index contributed by atoms with van der Waals surface area (Å²) in [5.74, 6) is 0.0216. The van der Waals surface area contributed by atoms with Crippen molar-refractivity contribution in [2.24, 2.45) is 0 Å². The molecule has 1 amide bonds. The van der Waals surface area contributed by atoms with Crippen LogP contribution in [0.2, 0.25) is 0 Å². The van der Waals surface area contributed by atoms with Gasteiger partial charge in [-0.2, -0.15) is 0 Å². The van der Waals surface area contributed by atoms with Crippen LogP contribution in [0.1, 0.15) is 31.2 Å². The van der Waals surface area contributed by atoms with E-state index in [4.69, 9.17) is 0 Å². The highest BCUT2D eigenvalue weighted by Crippen LogP contribution is 2.31. The lowest BCUT2D eigenvalue weighted by Crippen LogP contribution is -2.49. The number of anilines is 1. The number of carbonyl (C=O) groups is 1. The van der Waals surface area contributed by atoms with E-state index in [0.29, 0.717) is 24.3 Å². The second-order valence-corrected chi connectivity index (χ2v) is 8.57. The van der Waals surface area contributed by atoms with E-state index in [1.807, 2.05) is 0 Å². The van der Waals surface area contributed by atoms with Crippen LogP contribution in [0, 0.1) is 10.1 Å². The van der Waals surface area contributed by atoms with Crippen LogP contribution in [0.3, 0.4) is 0 Å². The van der Waals surface area contributed by atoms with E-state index in [1.165, 1.54) is 30.5 Å². The molecule has 0 spiro atoms. The first-order chi connectivity index (χ1) is 15.0. The van der Waals surface area contributed by atoms with E-state index in [-0.39, 0.29) is 11.6 Å². The minimum absolute atomic E-state index is 0.0216. The molecule has 0 bridgehead atoms. The summed E-state index contributed by atoms with van der Waals surface area (Å²) in [5.41, 5.74) is 2.05. The number of benzene rings is 2. The van der Waals surface area contributed by atoms with Crippen LogP contribution in [0.25, 0.3) is 0 Å². The van der Waals surface area contributed by atoms with Crippen molar-refractivity contribution < 1.29 is 9.72 Å². The maximum absolute atomic E-state index is 13.0. The van der Waals surface area contributed by atoms with Crippen LogP contribution in [0.5, 0.6) is 0 Å². The summed E-state index contributed by atoms with van der Waals surface area (Å²) in [5, 5.41) is 10.9. The van der Waals surface area contributed by atoms with Crippen LogP contribution >= 0.6 is 0 Å². The van der Waals surface area contributed by atoms with Crippen LogP contribution in [-0.2, 0) is 11.3 Å². The number of hydrogen-bond donors (Lipinski definition) is 0. The summed E-state index contributed by atoms with van der Waals surface area (Å²) in [4.78, 5) is 30.0. The Morgan fingerprint density at radius 2 is 1.61 bits per heavy atom. The molecule has 2 aromatic carbocycles. The van der Waals surface area contributed by atoms with Gasteiger partial charge in [0.05, 0.1) is 11.5 Å². The van der Waals surface area contributed by atoms with Crippen LogP contribution in [0.4, 0.5) is 11.4 Å². The van der Waals surface area contributed by atoms with E-state index in [2.05, 4.69) is 40.1 Å². The fourth-order valence-electron chi connectivity index (χ4n) is 5.01. The van der Waals surface area contributed by atoms with Crippen molar-refractivity contribution >= 4 is 17.3 Å². The van der Waals surface area contributed by atoms with Crippen molar-refractivity contribution in [3.63, 3.8) is 0 Å². The molecule has 2 unspecified atom stereocenters. The van der Waals surface area contributed by atoms with Crippen LogP contribution in [-0.4, -0.2) is 59.4 Å². The van der Waals surface area contributed by atoms with E-state index in [1.54, 1.807) is 24.1 Å². The van der Waals surface area contributed by atoms with Gasteiger partial charge in [0.2, 0.25) is 5.91 Å². The van der Waals surface area contributed by atoms with Gasteiger partial charge >= 0.3 is 0 Å². The minimum atomic E-state index is -0.427. The van der Waals surface area contributed by atoms with E-state index >= 15 is 0 Å². The Labute approximate surface area is 183 Å². The van der Waals surface area contributed by atoms with Crippen molar-refractivity contribution in [3.8, 4) is 0 Å². The second kappa shape index (κ2) is 9.58. The molecule has 164 valence electrons.